The Morgan fingerprint density at radius 2 is 1.81 bits per heavy atom. The molecule has 6 nitrogen and oxygen atoms in total. The molecule has 0 aliphatic rings. The second-order valence-electron chi connectivity index (χ2n) is 5.54. The van der Waals surface area contributed by atoms with Crippen LogP contribution in [0.3, 0.4) is 0 Å². The van der Waals surface area contributed by atoms with Gasteiger partial charge in [-0.3, -0.25) is 14.8 Å². The number of amides is 1. The molecule has 0 unspecified atom stereocenters. The van der Waals surface area contributed by atoms with E-state index >= 15 is 0 Å². The van der Waals surface area contributed by atoms with Crippen molar-refractivity contribution in [2.24, 2.45) is 0 Å². The van der Waals surface area contributed by atoms with Crippen molar-refractivity contribution < 1.29 is 14.3 Å². The smallest absolute Gasteiger partial charge is 0.337 e. The van der Waals surface area contributed by atoms with Gasteiger partial charge in [0.15, 0.2) is 0 Å². The number of hydrogen-bond acceptors (Lipinski definition) is 5. The van der Waals surface area contributed by atoms with Crippen LogP contribution in [0.5, 0.6) is 0 Å². The van der Waals surface area contributed by atoms with E-state index < -0.39 is 5.97 Å². The Hall–Kier alpha value is -3.54. The van der Waals surface area contributed by atoms with E-state index in [-0.39, 0.29) is 5.91 Å². The van der Waals surface area contributed by atoms with Gasteiger partial charge in [-0.1, -0.05) is 0 Å². The van der Waals surface area contributed by atoms with Gasteiger partial charge in [-0.2, -0.15) is 0 Å². The van der Waals surface area contributed by atoms with Crippen LogP contribution in [-0.2, 0) is 11.3 Å². The molecule has 0 bridgehead atoms. The third kappa shape index (κ3) is 4.10. The summed E-state index contributed by atoms with van der Waals surface area (Å²) in [6.45, 7) is 0.368. The minimum Gasteiger partial charge on any atom is -0.465 e. The zero-order valence-corrected chi connectivity index (χ0v) is 14.2. The van der Waals surface area contributed by atoms with Crippen molar-refractivity contribution in [3.8, 4) is 11.3 Å². The number of pyridine rings is 2. The van der Waals surface area contributed by atoms with E-state index in [2.05, 4.69) is 20.0 Å². The fourth-order valence-corrected chi connectivity index (χ4v) is 2.42. The summed E-state index contributed by atoms with van der Waals surface area (Å²) in [5, 5.41) is 2.86. The van der Waals surface area contributed by atoms with Crippen LogP contribution >= 0.6 is 0 Å². The fraction of sp³-hybridized carbons (Fsp3) is 0.100. The van der Waals surface area contributed by atoms with E-state index in [4.69, 9.17) is 0 Å². The van der Waals surface area contributed by atoms with Gasteiger partial charge in [-0.15, -0.1) is 0 Å². The van der Waals surface area contributed by atoms with Crippen molar-refractivity contribution in [1.82, 2.24) is 15.3 Å². The Morgan fingerprint density at radius 1 is 1.04 bits per heavy atom. The zero-order valence-electron chi connectivity index (χ0n) is 14.2. The topological polar surface area (TPSA) is 81.2 Å². The van der Waals surface area contributed by atoms with Crippen LogP contribution in [0.25, 0.3) is 11.3 Å². The number of aromatic nitrogens is 2. The molecule has 0 radical (unpaired) electrons. The second-order valence-corrected chi connectivity index (χ2v) is 5.54. The van der Waals surface area contributed by atoms with E-state index in [1.165, 1.54) is 7.11 Å². The highest BCUT2D eigenvalue weighted by atomic mass is 16.5. The van der Waals surface area contributed by atoms with Crippen molar-refractivity contribution in [3.05, 3.63) is 83.8 Å². The number of carbonyl (C=O) groups is 2. The molecule has 0 saturated carbocycles. The first kappa shape index (κ1) is 17.3. The number of nitrogens with one attached hydrogen (secondary N) is 1. The number of carbonyl (C=O) groups excluding carboxylic acids is 2. The predicted molar refractivity (Wildman–Crippen MR) is 96.4 cm³/mol. The molecular formula is C20H17N3O3. The van der Waals surface area contributed by atoms with Crippen molar-refractivity contribution in [2.75, 3.05) is 7.11 Å². The Balaban J connectivity index is 1.65. The van der Waals surface area contributed by atoms with Crippen molar-refractivity contribution >= 4 is 11.9 Å². The summed E-state index contributed by atoms with van der Waals surface area (Å²) in [4.78, 5) is 32.1. The highest BCUT2D eigenvalue weighted by Crippen LogP contribution is 2.16. The lowest BCUT2D eigenvalue weighted by molar-refractivity contribution is 0.0600. The summed E-state index contributed by atoms with van der Waals surface area (Å²) in [7, 11) is 1.32. The van der Waals surface area contributed by atoms with Crippen LogP contribution in [0.4, 0.5) is 0 Å². The quantitative estimate of drug-likeness (QED) is 0.718. The van der Waals surface area contributed by atoms with Gasteiger partial charge in [-0.25, -0.2) is 4.79 Å². The summed E-state index contributed by atoms with van der Waals surface area (Å²) >= 11 is 0. The molecule has 0 atom stereocenters. The summed E-state index contributed by atoms with van der Waals surface area (Å²) < 4.78 is 4.64. The van der Waals surface area contributed by atoms with E-state index in [9.17, 15) is 9.59 Å². The third-order valence-corrected chi connectivity index (χ3v) is 3.80. The van der Waals surface area contributed by atoms with Crippen LogP contribution in [0.15, 0.2) is 67.1 Å². The molecule has 0 saturated heterocycles. The normalized spacial score (nSPS) is 10.2. The summed E-state index contributed by atoms with van der Waals surface area (Å²) in [6, 6.07) is 13.9. The highest BCUT2D eigenvalue weighted by molar-refractivity contribution is 5.96. The molecule has 0 aliphatic heterocycles. The Kier molecular flexibility index (Phi) is 5.34. The molecule has 2 heterocycles. The molecule has 26 heavy (non-hydrogen) atoms. The van der Waals surface area contributed by atoms with Gasteiger partial charge in [0.2, 0.25) is 0 Å². The van der Waals surface area contributed by atoms with Crippen LogP contribution in [0.2, 0.25) is 0 Å². The fourth-order valence-electron chi connectivity index (χ4n) is 2.42. The monoisotopic (exact) mass is 347 g/mol. The molecule has 1 N–H and O–H groups in total. The maximum Gasteiger partial charge on any atom is 0.337 e. The van der Waals surface area contributed by atoms with E-state index in [1.807, 2.05) is 24.3 Å². The number of benzene rings is 1. The maximum absolute atomic E-state index is 12.3. The number of rotatable bonds is 5. The van der Waals surface area contributed by atoms with Crippen LogP contribution in [0, 0.1) is 0 Å². The third-order valence-electron chi connectivity index (χ3n) is 3.80. The minimum absolute atomic E-state index is 0.221. The van der Waals surface area contributed by atoms with Gasteiger partial charge in [-0.05, 0) is 54.1 Å². The molecule has 0 fully saturated rings. The van der Waals surface area contributed by atoms with Crippen LogP contribution in [0.1, 0.15) is 26.3 Å². The first-order chi connectivity index (χ1) is 12.7. The first-order valence-corrected chi connectivity index (χ1v) is 7.99. The standard InChI is InChI=1S/C20H17N3O3/c1-26-20(25)16-6-4-15(5-7-16)19(24)23-12-14-8-10-22-18(11-14)17-3-2-9-21-13-17/h2-11,13H,12H2,1H3,(H,23,24). The maximum atomic E-state index is 12.3. The molecule has 3 aromatic rings. The SMILES string of the molecule is COC(=O)c1ccc(C(=O)NCc2ccnc(-c3cccnc3)c2)cc1. The van der Waals surface area contributed by atoms with Crippen LogP contribution in [-0.4, -0.2) is 29.0 Å². The lowest BCUT2D eigenvalue weighted by atomic mass is 10.1. The number of esters is 1. The van der Waals surface area contributed by atoms with Crippen molar-refractivity contribution in [2.45, 2.75) is 6.54 Å². The van der Waals surface area contributed by atoms with Crippen LogP contribution < -0.4 is 5.32 Å². The molecule has 130 valence electrons. The number of nitrogens with zero attached hydrogens (tertiary/aromatic N) is 2. The number of methoxy groups -OCH3 is 1. The summed E-state index contributed by atoms with van der Waals surface area (Å²) in [5.41, 5.74) is 3.52. The molecule has 2 aromatic heterocycles. The molecule has 1 amide bonds. The highest BCUT2D eigenvalue weighted by Gasteiger charge is 2.09. The first-order valence-electron chi connectivity index (χ1n) is 7.99. The molecule has 0 spiro atoms. The summed E-state index contributed by atoms with van der Waals surface area (Å²) in [6.07, 6.45) is 5.15. The average Bonchev–Trinajstić information content (AvgIpc) is 2.72. The van der Waals surface area contributed by atoms with E-state index in [0.717, 1.165) is 16.8 Å². The minimum atomic E-state index is -0.434. The largest absolute Gasteiger partial charge is 0.465 e. The van der Waals surface area contributed by atoms with E-state index in [1.54, 1.807) is 42.9 Å². The van der Waals surface area contributed by atoms with Crippen molar-refractivity contribution in [1.29, 1.82) is 0 Å². The van der Waals surface area contributed by atoms with Gasteiger partial charge in [0.05, 0.1) is 18.4 Å². The second kappa shape index (κ2) is 8.02. The molecule has 3 rings (SSSR count). The van der Waals surface area contributed by atoms with Gasteiger partial charge in [0.25, 0.3) is 5.91 Å². The predicted octanol–water partition coefficient (Wildman–Crippen LogP) is 2.86. The Bertz CT molecular complexity index is 909. The zero-order chi connectivity index (χ0) is 18.4. The Labute approximate surface area is 150 Å². The van der Waals surface area contributed by atoms with Gasteiger partial charge in [0, 0.05) is 36.3 Å². The molecular weight excluding hydrogens is 330 g/mol. The van der Waals surface area contributed by atoms with Gasteiger partial charge < -0.3 is 10.1 Å². The van der Waals surface area contributed by atoms with Gasteiger partial charge >= 0.3 is 5.97 Å². The summed E-state index contributed by atoms with van der Waals surface area (Å²) in [5.74, 6) is -0.655. The molecule has 6 heteroatoms. The molecule has 1 aromatic carbocycles. The number of hydrogen-bond donors (Lipinski definition) is 1. The van der Waals surface area contributed by atoms with Gasteiger partial charge in [0.1, 0.15) is 0 Å². The lowest BCUT2D eigenvalue weighted by Crippen LogP contribution is -2.22. The Morgan fingerprint density at radius 3 is 2.50 bits per heavy atom. The van der Waals surface area contributed by atoms with Crippen molar-refractivity contribution in [3.63, 3.8) is 0 Å². The lowest BCUT2D eigenvalue weighted by Gasteiger charge is -2.07. The van der Waals surface area contributed by atoms with E-state index in [0.29, 0.717) is 17.7 Å². The average molecular weight is 347 g/mol. The molecule has 0 aliphatic carbocycles. The number of ether oxygens (including phenoxy) is 1.